The van der Waals surface area contributed by atoms with Crippen LogP contribution in [0.3, 0.4) is 0 Å². The van der Waals surface area contributed by atoms with E-state index >= 15 is 0 Å². The van der Waals surface area contributed by atoms with E-state index in [0.29, 0.717) is 18.1 Å². The highest BCUT2D eigenvalue weighted by Crippen LogP contribution is 2.41. The topological polar surface area (TPSA) is 34.1 Å². The summed E-state index contributed by atoms with van der Waals surface area (Å²) >= 11 is 0. The monoisotopic (exact) mass is 304 g/mol. The Morgan fingerprint density at radius 3 is 2.50 bits per heavy atom. The lowest BCUT2D eigenvalue weighted by Crippen LogP contribution is -2.32. The van der Waals surface area contributed by atoms with Gasteiger partial charge in [-0.3, -0.25) is 4.98 Å². The van der Waals surface area contributed by atoms with Crippen LogP contribution in [-0.2, 0) is 0 Å². The van der Waals surface area contributed by atoms with Gasteiger partial charge in [-0.1, -0.05) is 27.2 Å². The van der Waals surface area contributed by atoms with Crippen molar-refractivity contribution in [3.8, 4) is 5.75 Å². The molecule has 0 spiro atoms. The van der Waals surface area contributed by atoms with Gasteiger partial charge in [-0.05, 0) is 56.9 Å². The van der Waals surface area contributed by atoms with E-state index in [9.17, 15) is 0 Å². The number of hydrogen-bond donors (Lipinski definition) is 1. The molecular formula is C19H32N2O. The SMILES string of the molecule is CCOc1c(N[C@H]2CC[C@@H](C(C)(C)CC)CC2)ccnc1C. The predicted molar refractivity (Wildman–Crippen MR) is 93.6 cm³/mol. The molecule has 0 amide bonds. The third-order valence-electron chi connectivity index (χ3n) is 5.47. The number of rotatable bonds is 6. The zero-order chi connectivity index (χ0) is 16.2. The van der Waals surface area contributed by atoms with Crippen LogP contribution in [0.1, 0.15) is 65.5 Å². The van der Waals surface area contributed by atoms with Gasteiger partial charge in [0.1, 0.15) is 0 Å². The van der Waals surface area contributed by atoms with Gasteiger partial charge in [0.25, 0.3) is 0 Å². The highest BCUT2D eigenvalue weighted by Gasteiger charge is 2.31. The van der Waals surface area contributed by atoms with Crippen molar-refractivity contribution in [3.05, 3.63) is 18.0 Å². The summed E-state index contributed by atoms with van der Waals surface area (Å²) in [5.74, 6) is 1.78. The van der Waals surface area contributed by atoms with Crippen molar-refractivity contribution in [2.75, 3.05) is 11.9 Å². The molecule has 2 rings (SSSR count). The molecule has 0 unspecified atom stereocenters. The summed E-state index contributed by atoms with van der Waals surface area (Å²) in [7, 11) is 0. The number of hydrogen-bond acceptors (Lipinski definition) is 3. The Hall–Kier alpha value is -1.25. The van der Waals surface area contributed by atoms with Gasteiger partial charge in [0.2, 0.25) is 0 Å². The molecule has 0 bridgehead atoms. The van der Waals surface area contributed by atoms with E-state index < -0.39 is 0 Å². The fourth-order valence-corrected chi connectivity index (χ4v) is 3.52. The Kier molecular flexibility index (Phi) is 5.71. The average molecular weight is 304 g/mol. The summed E-state index contributed by atoms with van der Waals surface area (Å²) in [6.07, 6.45) is 8.29. The summed E-state index contributed by atoms with van der Waals surface area (Å²) in [5.41, 5.74) is 2.55. The summed E-state index contributed by atoms with van der Waals surface area (Å²) in [6, 6.07) is 2.60. The number of nitrogens with zero attached hydrogens (tertiary/aromatic N) is 1. The van der Waals surface area contributed by atoms with Gasteiger partial charge in [-0.2, -0.15) is 0 Å². The molecule has 1 saturated carbocycles. The maximum atomic E-state index is 5.78. The summed E-state index contributed by atoms with van der Waals surface area (Å²) in [6.45, 7) is 11.9. The van der Waals surface area contributed by atoms with Crippen molar-refractivity contribution in [1.29, 1.82) is 0 Å². The molecule has 3 heteroatoms. The molecule has 0 aliphatic heterocycles. The first-order valence-corrected chi connectivity index (χ1v) is 8.82. The quantitative estimate of drug-likeness (QED) is 0.784. The lowest BCUT2D eigenvalue weighted by atomic mass is 9.69. The van der Waals surface area contributed by atoms with E-state index in [0.717, 1.165) is 23.0 Å². The fraction of sp³-hybridized carbons (Fsp3) is 0.737. The smallest absolute Gasteiger partial charge is 0.163 e. The Morgan fingerprint density at radius 1 is 1.23 bits per heavy atom. The Bertz CT molecular complexity index is 476. The van der Waals surface area contributed by atoms with E-state index in [1.807, 2.05) is 26.1 Å². The second-order valence-corrected chi connectivity index (χ2v) is 7.24. The molecule has 1 N–H and O–H groups in total. The molecule has 0 saturated heterocycles. The van der Waals surface area contributed by atoms with Crippen molar-refractivity contribution in [3.63, 3.8) is 0 Å². The van der Waals surface area contributed by atoms with Gasteiger partial charge in [0.15, 0.2) is 5.75 Å². The first-order valence-electron chi connectivity index (χ1n) is 8.82. The first kappa shape index (κ1) is 17.1. The minimum Gasteiger partial charge on any atom is -0.490 e. The van der Waals surface area contributed by atoms with Gasteiger partial charge in [-0.25, -0.2) is 0 Å². The molecule has 22 heavy (non-hydrogen) atoms. The third kappa shape index (κ3) is 3.93. The van der Waals surface area contributed by atoms with Crippen LogP contribution in [0, 0.1) is 18.3 Å². The number of ether oxygens (including phenoxy) is 1. The van der Waals surface area contributed by atoms with Crippen LogP contribution in [0.15, 0.2) is 12.3 Å². The molecule has 1 heterocycles. The van der Waals surface area contributed by atoms with Crippen LogP contribution in [0.25, 0.3) is 0 Å². The number of aromatic nitrogens is 1. The largest absolute Gasteiger partial charge is 0.490 e. The molecule has 3 nitrogen and oxygen atoms in total. The van der Waals surface area contributed by atoms with Crippen LogP contribution >= 0.6 is 0 Å². The van der Waals surface area contributed by atoms with E-state index in [1.165, 1.54) is 32.1 Å². The molecule has 1 aromatic heterocycles. The van der Waals surface area contributed by atoms with Crippen molar-refractivity contribution < 1.29 is 4.74 Å². The number of pyridine rings is 1. The summed E-state index contributed by atoms with van der Waals surface area (Å²) in [5, 5.41) is 3.70. The van der Waals surface area contributed by atoms with Crippen LogP contribution in [0.2, 0.25) is 0 Å². The zero-order valence-electron chi connectivity index (χ0n) is 14.9. The Morgan fingerprint density at radius 2 is 1.91 bits per heavy atom. The maximum absolute atomic E-state index is 5.78. The van der Waals surface area contributed by atoms with Crippen LogP contribution in [0.4, 0.5) is 5.69 Å². The molecule has 0 aromatic carbocycles. The highest BCUT2D eigenvalue weighted by molar-refractivity contribution is 5.58. The molecular weight excluding hydrogens is 272 g/mol. The molecule has 1 aliphatic rings. The normalized spacial score (nSPS) is 22.4. The second-order valence-electron chi connectivity index (χ2n) is 7.24. The second kappa shape index (κ2) is 7.34. The van der Waals surface area contributed by atoms with E-state index in [2.05, 4.69) is 31.1 Å². The standard InChI is InChI=1S/C19H32N2O/c1-6-19(4,5)15-8-10-16(11-9-15)21-17-12-13-20-14(3)18(17)22-7-2/h12-13,15-16H,6-11H2,1-5H3,(H,20,21)/t15-,16+. The number of aryl methyl sites for hydroxylation is 1. The first-order chi connectivity index (χ1) is 10.5. The number of anilines is 1. The fourth-order valence-electron chi connectivity index (χ4n) is 3.52. The van der Waals surface area contributed by atoms with Crippen LogP contribution < -0.4 is 10.1 Å². The zero-order valence-corrected chi connectivity index (χ0v) is 14.9. The predicted octanol–water partition coefficient (Wildman–Crippen LogP) is 5.20. The van der Waals surface area contributed by atoms with Crippen LogP contribution in [-0.4, -0.2) is 17.6 Å². The Balaban J connectivity index is 1.98. The van der Waals surface area contributed by atoms with Gasteiger partial charge in [0.05, 0.1) is 18.0 Å². The lowest BCUT2D eigenvalue weighted by molar-refractivity contribution is 0.147. The van der Waals surface area contributed by atoms with E-state index in [1.54, 1.807) is 0 Å². The minimum absolute atomic E-state index is 0.481. The molecule has 0 atom stereocenters. The minimum atomic E-state index is 0.481. The van der Waals surface area contributed by atoms with Crippen molar-refractivity contribution in [1.82, 2.24) is 4.98 Å². The Labute approximate surface area is 135 Å². The van der Waals surface area contributed by atoms with Gasteiger partial charge >= 0.3 is 0 Å². The van der Waals surface area contributed by atoms with Crippen LogP contribution in [0.5, 0.6) is 5.75 Å². The van der Waals surface area contributed by atoms with Gasteiger partial charge < -0.3 is 10.1 Å². The molecule has 1 fully saturated rings. The molecule has 1 aliphatic carbocycles. The molecule has 1 aromatic rings. The maximum Gasteiger partial charge on any atom is 0.163 e. The molecule has 0 radical (unpaired) electrons. The van der Waals surface area contributed by atoms with Crippen molar-refractivity contribution in [2.24, 2.45) is 11.3 Å². The summed E-state index contributed by atoms with van der Waals surface area (Å²) in [4.78, 5) is 4.34. The highest BCUT2D eigenvalue weighted by atomic mass is 16.5. The van der Waals surface area contributed by atoms with Gasteiger partial charge in [-0.15, -0.1) is 0 Å². The number of nitrogens with one attached hydrogen (secondary N) is 1. The lowest BCUT2D eigenvalue weighted by Gasteiger charge is -2.39. The van der Waals surface area contributed by atoms with E-state index in [-0.39, 0.29) is 0 Å². The summed E-state index contributed by atoms with van der Waals surface area (Å²) < 4.78 is 5.78. The average Bonchev–Trinajstić information content (AvgIpc) is 2.51. The molecule has 124 valence electrons. The third-order valence-corrected chi connectivity index (χ3v) is 5.47. The van der Waals surface area contributed by atoms with E-state index in [4.69, 9.17) is 4.74 Å². The van der Waals surface area contributed by atoms with Crippen molar-refractivity contribution in [2.45, 2.75) is 72.8 Å². The van der Waals surface area contributed by atoms with Crippen molar-refractivity contribution >= 4 is 5.69 Å². The van der Waals surface area contributed by atoms with Gasteiger partial charge in [0, 0.05) is 12.2 Å².